The van der Waals surface area contributed by atoms with E-state index >= 15 is 0 Å². The zero-order chi connectivity index (χ0) is 16.3. The number of rotatable bonds is 8. The summed E-state index contributed by atoms with van der Waals surface area (Å²) in [6, 6.07) is 0. The van der Waals surface area contributed by atoms with Crippen molar-refractivity contribution in [3.05, 3.63) is 12.2 Å². The molecule has 0 aromatic heterocycles. The molecule has 0 saturated carbocycles. The fraction of sp³-hybridized carbons (Fsp3) is 0.538. The SMILES string of the molecule is CCOC(=O)/C=C/C(=O)OC(C(=O)OCC)C(=O)OCC. The van der Waals surface area contributed by atoms with Gasteiger partial charge in [0.05, 0.1) is 19.8 Å². The first-order valence-corrected chi connectivity index (χ1v) is 6.34. The number of ether oxygens (including phenoxy) is 4. The molecule has 21 heavy (non-hydrogen) atoms. The molecule has 118 valence electrons. The molecule has 0 spiro atoms. The molecule has 0 heterocycles. The van der Waals surface area contributed by atoms with Crippen LogP contribution in [0.5, 0.6) is 0 Å². The second-order valence-electron chi connectivity index (χ2n) is 3.41. The smallest absolute Gasteiger partial charge is 0.359 e. The van der Waals surface area contributed by atoms with Crippen LogP contribution >= 0.6 is 0 Å². The van der Waals surface area contributed by atoms with E-state index in [0.29, 0.717) is 0 Å². The standard InChI is InChI=1S/C13H18O8/c1-4-18-9(14)7-8-10(15)21-11(12(16)19-5-2)13(17)20-6-3/h7-8,11H,4-6H2,1-3H3/b8-7+. The lowest BCUT2D eigenvalue weighted by Crippen LogP contribution is -2.37. The molecular weight excluding hydrogens is 284 g/mol. The predicted molar refractivity (Wildman–Crippen MR) is 68.9 cm³/mol. The van der Waals surface area contributed by atoms with Crippen molar-refractivity contribution in [2.45, 2.75) is 26.9 Å². The maximum atomic E-state index is 11.5. The highest BCUT2D eigenvalue weighted by atomic mass is 16.6. The Hall–Kier alpha value is -2.38. The largest absolute Gasteiger partial charge is 0.463 e. The van der Waals surface area contributed by atoms with Crippen LogP contribution in [0.25, 0.3) is 0 Å². The van der Waals surface area contributed by atoms with Gasteiger partial charge in [-0.15, -0.1) is 0 Å². The molecule has 8 heteroatoms. The Morgan fingerprint density at radius 3 is 1.62 bits per heavy atom. The summed E-state index contributed by atoms with van der Waals surface area (Å²) >= 11 is 0. The average Bonchev–Trinajstić information content (AvgIpc) is 2.43. The van der Waals surface area contributed by atoms with Gasteiger partial charge in [-0.05, 0) is 20.8 Å². The lowest BCUT2D eigenvalue weighted by molar-refractivity contribution is -0.177. The minimum atomic E-state index is -1.83. The summed E-state index contributed by atoms with van der Waals surface area (Å²) in [5.74, 6) is -3.92. The van der Waals surface area contributed by atoms with Gasteiger partial charge in [0.1, 0.15) is 0 Å². The van der Waals surface area contributed by atoms with E-state index in [9.17, 15) is 19.2 Å². The first-order valence-electron chi connectivity index (χ1n) is 6.34. The van der Waals surface area contributed by atoms with Crippen molar-refractivity contribution >= 4 is 23.9 Å². The Morgan fingerprint density at radius 2 is 1.19 bits per heavy atom. The van der Waals surface area contributed by atoms with E-state index in [2.05, 4.69) is 18.9 Å². The van der Waals surface area contributed by atoms with Crippen molar-refractivity contribution in [1.29, 1.82) is 0 Å². The Morgan fingerprint density at radius 1 is 0.762 bits per heavy atom. The summed E-state index contributed by atoms with van der Waals surface area (Å²) in [6.45, 7) is 4.81. The van der Waals surface area contributed by atoms with Crippen LogP contribution in [-0.2, 0) is 38.1 Å². The van der Waals surface area contributed by atoms with Gasteiger partial charge < -0.3 is 18.9 Å². The van der Waals surface area contributed by atoms with Gasteiger partial charge in [0, 0.05) is 12.2 Å². The first-order chi connectivity index (χ1) is 9.96. The second-order valence-corrected chi connectivity index (χ2v) is 3.41. The number of carbonyl (C=O) groups is 4. The third kappa shape index (κ3) is 7.71. The lowest BCUT2D eigenvalue weighted by atomic mass is 10.3. The lowest BCUT2D eigenvalue weighted by Gasteiger charge is -2.13. The topological polar surface area (TPSA) is 105 Å². The first kappa shape index (κ1) is 18.6. The van der Waals surface area contributed by atoms with Gasteiger partial charge in [-0.1, -0.05) is 0 Å². The van der Waals surface area contributed by atoms with E-state index in [1.165, 1.54) is 13.8 Å². The van der Waals surface area contributed by atoms with Crippen LogP contribution in [0.15, 0.2) is 12.2 Å². The maximum Gasteiger partial charge on any atom is 0.359 e. The number of hydrogen-bond donors (Lipinski definition) is 0. The Kier molecular flexibility index (Phi) is 9.23. The molecule has 0 bridgehead atoms. The molecule has 0 aromatic carbocycles. The Bertz CT molecular complexity index is 394. The van der Waals surface area contributed by atoms with Crippen molar-refractivity contribution in [1.82, 2.24) is 0 Å². The fourth-order valence-corrected chi connectivity index (χ4v) is 1.11. The molecule has 0 saturated heterocycles. The molecular formula is C13H18O8. The van der Waals surface area contributed by atoms with E-state index in [1.807, 2.05) is 0 Å². The molecule has 0 atom stereocenters. The van der Waals surface area contributed by atoms with Gasteiger partial charge in [0.2, 0.25) is 0 Å². The zero-order valence-corrected chi connectivity index (χ0v) is 12.1. The number of carbonyl (C=O) groups excluding carboxylic acids is 4. The molecule has 0 aliphatic rings. The van der Waals surface area contributed by atoms with Crippen molar-refractivity contribution in [2.24, 2.45) is 0 Å². The van der Waals surface area contributed by atoms with E-state index in [0.717, 1.165) is 12.2 Å². The van der Waals surface area contributed by atoms with Crippen LogP contribution in [0.1, 0.15) is 20.8 Å². The minimum absolute atomic E-state index is 0.00491. The summed E-state index contributed by atoms with van der Waals surface area (Å²) in [4.78, 5) is 45.5. The number of hydrogen-bond acceptors (Lipinski definition) is 8. The van der Waals surface area contributed by atoms with Crippen molar-refractivity contribution in [3.8, 4) is 0 Å². The minimum Gasteiger partial charge on any atom is -0.463 e. The number of esters is 4. The molecule has 0 rings (SSSR count). The van der Waals surface area contributed by atoms with Crippen LogP contribution in [-0.4, -0.2) is 49.8 Å². The quantitative estimate of drug-likeness (QED) is 0.270. The molecule has 0 radical (unpaired) electrons. The summed E-state index contributed by atoms with van der Waals surface area (Å²) in [7, 11) is 0. The Labute approximate surface area is 122 Å². The highest BCUT2D eigenvalue weighted by Gasteiger charge is 2.33. The molecule has 0 fully saturated rings. The fourth-order valence-electron chi connectivity index (χ4n) is 1.11. The normalized spacial score (nSPS) is 10.3. The summed E-state index contributed by atoms with van der Waals surface area (Å²) in [5.41, 5.74) is 0. The van der Waals surface area contributed by atoms with Crippen molar-refractivity contribution < 1.29 is 38.1 Å². The van der Waals surface area contributed by atoms with Crippen LogP contribution < -0.4 is 0 Å². The third-order valence-electron chi connectivity index (χ3n) is 1.88. The summed E-state index contributed by atoms with van der Waals surface area (Å²) in [5, 5.41) is 0. The van der Waals surface area contributed by atoms with Gasteiger partial charge >= 0.3 is 23.9 Å². The van der Waals surface area contributed by atoms with E-state index in [4.69, 9.17) is 0 Å². The molecule has 0 aliphatic heterocycles. The monoisotopic (exact) mass is 302 g/mol. The van der Waals surface area contributed by atoms with Crippen molar-refractivity contribution in [3.63, 3.8) is 0 Å². The van der Waals surface area contributed by atoms with E-state index in [-0.39, 0.29) is 19.8 Å². The van der Waals surface area contributed by atoms with Gasteiger partial charge in [-0.3, -0.25) is 0 Å². The van der Waals surface area contributed by atoms with E-state index < -0.39 is 30.0 Å². The maximum absolute atomic E-state index is 11.5. The van der Waals surface area contributed by atoms with Crippen LogP contribution in [0.4, 0.5) is 0 Å². The van der Waals surface area contributed by atoms with Crippen LogP contribution in [0.2, 0.25) is 0 Å². The van der Waals surface area contributed by atoms with Crippen molar-refractivity contribution in [2.75, 3.05) is 19.8 Å². The van der Waals surface area contributed by atoms with Gasteiger partial charge in [0.25, 0.3) is 6.10 Å². The van der Waals surface area contributed by atoms with E-state index in [1.54, 1.807) is 6.92 Å². The third-order valence-corrected chi connectivity index (χ3v) is 1.88. The second kappa shape index (κ2) is 10.4. The highest BCUT2D eigenvalue weighted by molar-refractivity contribution is 6.01. The van der Waals surface area contributed by atoms with Crippen LogP contribution in [0.3, 0.4) is 0 Å². The highest BCUT2D eigenvalue weighted by Crippen LogP contribution is 2.02. The van der Waals surface area contributed by atoms with Crippen LogP contribution in [0, 0.1) is 0 Å². The molecule has 8 nitrogen and oxygen atoms in total. The average molecular weight is 302 g/mol. The van der Waals surface area contributed by atoms with Gasteiger partial charge in [-0.2, -0.15) is 0 Å². The zero-order valence-electron chi connectivity index (χ0n) is 12.1. The van der Waals surface area contributed by atoms with Gasteiger partial charge in [0.15, 0.2) is 0 Å². The molecule has 0 N–H and O–H groups in total. The molecule has 0 unspecified atom stereocenters. The van der Waals surface area contributed by atoms with Gasteiger partial charge in [-0.25, -0.2) is 19.2 Å². The molecule has 0 aromatic rings. The summed E-state index contributed by atoms with van der Waals surface area (Å²) in [6.07, 6.45) is -0.271. The predicted octanol–water partition coefficient (Wildman–Crippen LogP) is 0.144. The summed E-state index contributed by atoms with van der Waals surface area (Å²) < 4.78 is 18.4. The molecule has 0 amide bonds. The molecule has 0 aliphatic carbocycles. The Balaban J connectivity index is 4.72.